The van der Waals surface area contributed by atoms with Crippen molar-refractivity contribution in [1.29, 1.82) is 0 Å². The molecule has 0 amide bonds. The van der Waals surface area contributed by atoms with Crippen molar-refractivity contribution in [3.8, 4) is 0 Å². The fraction of sp³-hybridized carbons (Fsp3) is 0.400. The quantitative estimate of drug-likeness (QED) is 0.631. The Morgan fingerprint density at radius 2 is 1.55 bits per heavy atom. The lowest BCUT2D eigenvalue weighted by atomic mass is 10.0. The first-order chi connectivity index (χ1) is 10.8. The first-order valence-corrected chi connectivity index (χ1v) is 9.11. The standard InChI is InChI=1S/C20H26OS/c1-2-3-14-19(21)20(22-18-12-8-5-9-13-18)16-15-17-10-6-4-7-11-17/h4-13,19-21H,2-3,14-16H2,1H3/t19-,20-/m0/s1. The van der Waals surface area contributed by atoms with Gasteiger partial charge in [-0.2, -0.15) is 0 Å². The molecule has 118 valence electrons. The average Bonchev–Trinajstić information content (AvgIpc) is 2.58. The minimum Gasteiger partial charge on any atom is -0.392 e. The van der Waals surface area contributed by atoms with E-state index in [0.717, 1.165) is 32.1 Å². The zero-order valence-electron chi connectivity index (χ0n) is 13.3. The summed E-state index contributed by atoms with van der Waals surface area (Å²) in [5.74, 6) is 0. The van der Waals surface area contributed by atoms with Gasteiger partial charge in [-0.25, -0.2) is 0 Å². The van der Waals surface area contributed by atoms with Gasteiger partial charge in [0.25, 0.3) is 0 Å². The lowest BCUT2D eigenvalue weighted by Gasteiger charge is -2.22. The van der Waals surface area contributed by atoms with Crippen LogP contribution in [0.1, 0.15) is 38.2 Å². The summed E-state index contributed by atoms with van der Waals surface area (Å²) in [6, 6.07) is 21.0. The maximum Gasteiger partial charge on any atom is 0.0662 e. The second-order valence-corrected chi connectivity index (χ2v) is 7.02. The van der Waals surface area contributed by atoms with Crippen molar-refractivity contribution >= 4 is 11.8 Å². The van der Waals surface area contributed by atoms with E-state index in [-0.39, 0.29) is 11.4 Å². The molecule has 1 nitrogen and oxygen atoms in total. The molecular weight excluding hydrogens is 288 g/mol. The first kappa shape index (κ1) is 17.1. The number of benzene rings is 2. The van der Waals surface area contributed by atoms with E-state index in [1.807, 2.05) is 17.8 Å². The van der Waals surface area contributed by atoms with E-state index < -0.39 is 0 Å². The van der Waals surface area contributed by atoms with Crippen molar-refractivity contribution in [2.45, 2.75) is 55.3 Å². The number of aryl methyl sites for hydroxylation is 1. The summed E-state index contributed by atoms with van der Waals surface area (Å²) in [5, 5.41) is 10.8. The molecule has 0 aliphatic carbocycles. The van der Waals surface area contributed by atoms with Gasteiger partial charge in [-0.05, 0) is 37.0 Å². The molecule has 0 unspecified atom stereocenters. The average molecular weight is 314 g/mol. The van der Waals surface area contributed by atoms with Crippen molar-refractivity contribution in [1.82, 2.24) is 0 Å². The summed E-state index contributed by atoms with van der Waals surface area (Å²) in [6.45, 7) is 2.18. The van der Waals surface area contributed by atoms with Gasteiger partial charge in [0.15, 0.2) is 0 Å². The molecule has 1 N–H and O–H groups in total. The molecule has 0 radical (unpaired) electrons. The van der Waals surface area contributed by atoms with Crippen molar-refractivity contribution in [2.24, 2.45) is 0 Å². The predicted octanol–water partition coefficient (Wildman–Crippen LogP) is 5.33. The van der Waals surface area contributed by atoms with Gasteiger partial charge >= 0.3 is 0 Å². The molecule has 0 aliphatic rings. The van der Waals surface area contributed by atoms with Crippen LogP contribution in [0.25, 0.3) is 0 Å². The zero-order valence-corrected chi connectivity index (χ0v) is 14.1. The third-order valence-corrected chi connectivity index (χ3v) is 5.27. The molecule has 0 bridgehead atoms. The second kappa shape index (κ2) is 9.70. The molecular formula is C20H26OS. The van der Waals surface area contributed by atoms with Crippen LogP contribution in [0.2, 0.25) is 0 Å². The summed E-state index contributed by atoms with van der Waals surface area (Å²) >= 11 is 1.82. The Labute approximate surface area is 138 Å². The number of hydrogen-bond donors (Lipinski definition) is 1. The number of hydrogen-bond acceptors (Lipinski definition) is 2. The lowest BCUT2D eigenvalue weighted by Crippen LogP contribution is -2.23. The largest absolute Gasteiger partial charge is 0.392 e. The lowest BCUT2D eigenvalue weighted by molar-refractivity contribution is 0.155. The Morgan fingerprint density at radius 1 is 0.909 bits per heavy atom. The van der Waals surface area contributed by atoms with Crippen LogP contribution in [-0.2, 0) is 6.42 Å². The maximum absolute atomic E-state index is 10.6. The Kier molecular flexibility index (Phi) is 7.55. The normalized spacial score (nSPS) is 13.7. The number of aliphatic hydroxyl groups excluding tert-OH is 1. The Hall–Kier alpha value is -1.25. The monoisotopic (exact) mass is 314 g/mol. The maximum atomic E-state index is 10.6. The summed E-state index contributed by atoms with van der Waals surface area (Å²) in [6.07, 6.45) is 4.93. The molecule has 0 aliphatic heterocycles. The molecule has 0 spiro atoms. The number of rotatable bonds is 9. The molecule has 2 atom stereocenters. The highest BCUT2D eigenvalue weighted by Gasteiger charge is 2.20. The van der Waals surface area contributed by atoms with Gasteiger partial charge < -0.3 is 5.11 Å². The van der Waals surface area contributed by atoms with E-state index in [9.17, 15) is 5.11 Å². The molecule has 0 saturated carbocycles. The second-order valence-electron chi connectivity index (χ2n) is 5.70. The predicted molar refractivity (Wildman–Crippen MR) is 96.4 cm³/mol. The Morgan fingerprint density at radius 3 is 2.18 bits per heavy atom. The number of unbranched alkanes of at least 4 members (excludes halogenated alkanes) is 1. The van der Waals surface area contributed by atoms with Gasteiger partial charge in [-0.1, -0.05) is 68.3 Å². The number of thioether (sulfide) groups is 1. The Bertz CT molecular complexity index is 512. The molecule has 2 aromatic rings. The molecule has 2 rings (SSSR count). The van der Waals surface area contributed by atoms with E-state index >= 15 is 0 Å². The van der Waals surface area contributed by atoms with Crippen LogP contribution < -0.4 is 0 Å². The SMILES string of the molecule is CCCC[C@H](O)[C@H](CCc1ccccc1)Sc1ccccc1. The smallest absolute Gasteiger partial charge is 0.0662 e. The van der Waals surface area contributed by atoms with Gasteiger partial charge in [-0.15, -0.1) is 11.8 Å². The Balaban J connectivity index is 1.97. The van der Waals surface area contributed by atoms with Crippen LogP contribution in [0.3, 0.4) is 0 Å². The van der Waals surface area contributed by atoms with Gasteiger partial charge in [-0.3, -0.25) is 0 Å². The summed E-state index contributed by atoms with van der Waals surface area (Å²) in [7, 11) is 0. The summed E-state index contributed by atoms with van der Waals surface area (Å²) < 4.78 is 0. The molecule has 22 heavy (non-hydrogen) atoms. The molecule has 0 fully saturated rings. The van der Waals surface area contributed by atoms with Crippen LogP contribution in [0.5, 0.6) is 0 Å². The van der Waals surface area contributed by atoms with Crippen molar-refractivity contribution in [3.05, 3.63) is 66.2 Å². The van der Waals surface area contributed by atoms with Gasteiger partial charge in [0.05, 0.1) is 6.10 Å². The first-order valence-electron chi connectivity index (χ1n) is 8.23. The minimum absolute atomic E-state index is 0.228. The highest BCUT2D eigenvalue weighted by Crippen LogP contribution is 2.30. The fourth-order valence-corrected chi connectivity index (χ4v) is 3.75. The van der Waals surface area contributed by atoms with Crippen LogP contribution in [-0.4, -0.2) is 16.5 Å². The van der Waals surface area contributed by atoms with E-state index in [2.05, 4.69) is 61.5 Å². The molecule has 2 heteroatoms. The van der Waals surface area contributed by atoms with Crippen LogP contribution >= 0.6 is 11.8 Å². The van der Waals surface area contributed by atoms with Crippen LogP contribution in [0.4, 0.5) is 0 Å². The molecule has 0 aromatic heterocycles. The van der Waals surface area contributed by atoms with E-state index in [1.165, 1.54) is 10.5 Å². The third-order valence-electron chi connectivity index (χ3n) is 3.87. The van der Waals surface area contributed by atoms with E-state index in [4.69, 9.17) is 0 Å². The van der Waals surface area contributed by atoms with E-state index in [1.54, 1.807) is 0 Å². The molecule has 0 saturated heterocycles. The van der Waals surface area contributed by atoms with Crippen molar-refractivity contribution in [2.75, 3.05) is 0 Å². The van der Waals surface area contributed by atoms with Crippen molar-refractivity contribution in [3.63, 3.8) is 0 Å². The fourth-order valence-electron chi connectivity index (χ4n) is 2.56. The zero-order chi connectivity index (χ0) is 15.6. The highest BCUT2D eigenvalue weighted by molar-refractivity contribution is 8.00. The topological polar surface area (TPSA) is 20.2 Å². The van der Waals surface area contributed by atoms with E-state index in [0.29, 0.717) is 0 Å². The van der Waals surface area contributed by atoms with Crippen LogP contribution in [0.15, 0.2) is 65.6 Å². The minimum atomic E-state index is -0.228. The highest BCUT2D eigenvalue weighted by atomic mass is 32.2. The van der Waals surface area contributed by atoms with Crippen molar-refractivity contribution < 1.29 is 5.11 Å². The summed E-state index contributed by atoms with van der Waals surface area (Å²) in [4.78, 5) is 1.25. The van der Waals surface area contributed by atoms with Gasteiger partial charge in [0, 0.05) is 10.1 Å². The number of aliphatic hydroxyl groups is 1. The molecule has 0 heterocycles. The third kappa shape index (κ3) is 5.86. The van der Waals surface area contributed by atoms with Crippen LogP contribution in [0, 0.1) is 0 Å². The molecule has 2 aromatic carbocycles. The van der Waals surface area contributed by atoms with Gasteiger partial charge in [0.2, 0.25) is 0 Å². The van der Waals surface area contributed by atoms with Gasteiger partial charge in [0.1, 0.15) is 0 Å². The summed E-state index contributed by atoms with van der Waals surface area (Å²) in [5.41, 5.74) is 1.35.